The third kappa shape index (κ3) is 3.37. The summed E-state index contributed by atoms with van der Waals surface area (Å²) >= 11 is 1.60. The highest BCUT2D eigenvalue weighted by Crippen LogP contribution is 2.29. The van der Waals surface area contributed by atoms with Crippen LogP contribution in [0.25, 0.3) is 10.1 Å². The molecule has 1 aromatic heterocycles. The lowest BCUT2D eigenvalue weighted by Gasteiger charge is -2.35. The molecule has 2 heterocycles. The summed E-state index contributed by atoms with van der Waals surface area (Å²) in [5.41, 5.74) is 1.20. The second kappa shape index (κ2) is 7.20. The fourth-order valence-electron chi connectivity index (χ4n) is 3.20. The average Bonchev–Trinajstić information content (AvgIpc) is 3.07. The first-order chi connectivity index (χ1) is 11.9. The van der Waals surface area contributed by atoms with Gasteiger partial charge in [0, 0.05) is 50.3 Å². The van der Waals surface area contributed by atoms with Crippen LogP contribution in [0.5, 0.6) is 0 Å². The van der Waals surface area contributed by atoms with E-state index >= 15 is 0 Å². The van der Waals surface area contributed by atoms with Crippen LogP contribution in [-0.2, 0) is 0 Å². The summed E-state index contributed by atoms with van der Waals surface area (Å²) in [6.45, 7) is 6.38. The number of nitrogens with one attached hydrogen (secondary N) is 1. The Balaban J connectivity index is 1.29. The average molecular weight is 338 g/mol. The third-order valence-electron chi connectivity index (χ3n) is 4.56. The van der Waals surface area contributed by atoms with Crippen molar-refractivity contribution in [1.82, 2.24) is 9.27 Å². The molecule has 4 nitrogen and oxygen atoms in total. The van der Waals surface area contributed by atoms with Crippen molar-refractivity contribution in [1.29, 1.82) is 0 Å². The molecule has 0 radical (unpaired) electrons. The summed E-state index contributed by atoms with van der Waals surface area (Å²) in [7, 11) is 0. The molecule has 4 rings (SSSR count). The second-order valence-corrected chi connectivity index (χ2v) is 6.93. The zero-order valence-electron chi connectivity index (χ0n) is 13.7. The van der Waals surface area contributed by atoms with E-state index < -0.39 is 0 Å². The number of hydrogen-bond donors (Lipinski definition) is 1. The Morgan fingerprint density at radius 3 is 2.50 bits per heavy atom. The number of aromatic nitrogens is 1. The molecule has 0 unspecified atom stereocenters. The van der Waals surface area contributed by atoms with E-state index in [-0.39, 0.29) is 0 Å². The smallest absolute Gasteiger partial charge is 0.150 e. The molecule has 1 fully saturated rings. The first-order valence-electron chi connectivity index (χ1n) is 8.51. The summed E-state index contributed by atoms with van der Waals surface area (Å²) in [6, 6.07) is 18.9. The van der Waals surface area contributed by atoms with Crippen LogP contribution in [0.3, 0.4) is 0 Å². The fraction of sp³-hybridized carbons (Fsp3) is 0.316. The van der Waals surface area contributed by atoms with Crippen molar-refractivity contribution < 1.29 is 0 Å². The number of benzene rings is 2. The van der Waals surface area contributed by atoms with Gasteiger partial charge in [0.05, 0.1) is 4.70 Å². The Morgan fingerprint density at radius 1 is 0.917 bits per heavy atom. The molecule has 24 heavy (non-hydrogen) atoms. The number of hydrogen-bond acceptors (Lipinski definition) is 5. The van der Waals surface area contributed by atoms with Crippen LogP contribution in [0.15, 0.2) is 54.6 Å². The van der Waals surface area contributed by atoms with Crippen molar-refractivity contribution >= 4 is 33.1 Å². The van der Waals surface area contributed by atoms with Crippen molar-refractivity contribution in [2.45, 2.75) is 0 Å². The van der Waals surface area contributed by atoms with Crippen molar-refractivity contribution in [3.63, 3.8) is 0 Å². The normalized spacial score (nSPS) is 15.8. The van der Waals surface area contributed by atoms with Crippen LogP contribution in [0.1, 0.15) is 0 Å². The second-order valence-electron chi connectivity index (χ2n) is 6.12. The molecule has 5 heteroatoms. The van der Waals surface area contributed by atoms with Gasteiger partial charge < -0.3 is 10.2 Å². The maximum absolute atomic E-state index is 4.68. The minimum absolute atomic E-state index is 0.990. The van der Waals surface area contributed by atoms with Gasteiger partial charge in [0.25, 0.3) is 0 Å². The Bertz CT molecular complexity index is 778. The molecular weight excluding hydrogens is 316 g/mol. The zero-order chi connectivity index (χ0) is 16.2. The zero-order valence-corrected chi connectivity index (χ0v) is 14.5. The Hall–Kier alpha value is -2.11. The molecule has 124 valence electrons. The predicted octanol–water partition coefficient (Wildman–Crippen LogP) is 3.53. The van der Waals surface area contributed by atoms with E-state index in [2.05, 4.69) is 68.0 Å². The molecular formula is C19H22N4S. The Labute approximate surface area is 146 Å². The number of fused-ring (bicyclic) bond motifs is 1. The minimum Gasteiger partial charge on any atom is -0.384 e. The lowest BCUT2D eigenvalue weighted by Crippen LogP contribution is -2.47. The third-order valence-corrected chi connectivity index (χ3v) is 5.38. The molecule has 1 aliphatic heterocycles. The van der Waals surface area contributed by atoms with Gasteiger partial charge in [-0.1, -0.05) is 30.3 Å². The lowest BCUT2D eigenvalue weighted by molar-refractivity contribution is 0.267. The molecule has 0 bridgehead atoms. The van der Waals surface area contributed by atoms with E-state index in [9.17, 15) is 0 Å². The number of piperazine rings is 1. The monoisotopic (exact) mass is 338 g/mol. The summed E-state index contributed by atoms with van der Waals surface area (Å²) in [5, 5.41) is 4.78. The molecule has 1 saturated heterocycles. The minimum atomic E-state index is 0.990. The molecule has 1 N–H and O–H groups in total. The van der Waals surface area contributed by atoms with Crippen LogP contribution in [0, 0.1) is 0 Å². The first kappa shape index (κ1) is 15.4. The lowest BCUT2D eigenvalue weighted by atomic mass is 10.2. The SMILES string of the molecule is c1ccc(NCCN2CCN(c3nsc4ccccc34)CC2)cc1. The van der Waals surface area contributed by atoms with Crippen molar-refractivity contribution in [2.75, 3.05) is 49.5 Å². The summed E-state index contributed by atoms with van der Waals surface area (Å²) in [4.78, 5) is 4.96. The van der Waals surface area contributed by atoms with Gasteiger partial charge in [-0.25, -0.2) is 0 Å². The van der Waals surface area contributed by atoms with E-state index in [1.54, 1.807) is 11.5 Å². The van der Waals surface area contributed by atoms with Crippen LogP contribution >= 0.6 is 11.5 Å². The quantitative estimate of drug-likeness (QED) is 0.771. The molecule has 0 atom stereocenters. The predicted molar refractivity (Wildman–Crippen MR) is 103 cm³/mol. The van der Waals surface area contributed by atoms with Gasteiger partial charge in [-0.05, 0) is 35.8 Å². The van der Waals surface area contributed by atoms with Gasteiger partial charge in [0.2, 0.25) is 0 Å². The van der Waals surface area contributed by atoms with Gasteiger partial charge in [-0.3, -0.25) is 4.90 Å². The molecule has 0 spiro atoms. The molecule has 0 amide bonds. The van der Waals surface area contributed by atoms with Crippen LogP contribution in [0.4, 0.5) is 11.5 Å². The van der Waals surface area contributed by atoms with Crippen molar-refractivity contribution in [3.8, 4) is 0 Å². The topological polar surface area (TPSA) is 31.4 Å². The molecule has 1 aliphatic rings. The molecule has 2 aromatic carbocycles. The summed E-state index contributed by atoms with van der Waals surface area (Å²) in [6.07, 6.45) is 0. The van der Waals surface area contributed by atoms with Gasteiger partial charge >= 0.3 is 0 Å². The maximum Gasteiger partial charge on any atom is 0.150 e. The standard InChI is InChI=1S/C19H22N4S/c1-2-6-16(7-3-1)20-10-11-22-12-14-23(15-13-22)19-17-8-4-5-9-18(17)24-21-19/h1-9,20H,10-15H2. The van der Waals surface area contributed by atoms with E-state index in [1.165, 1.54) is 15.8 Å². The highest BCUT2D eigenvalue weighted by atomic mass is 32.1. The van der Waals surface area contributed by atoms with E-state index in [1.807, 2.05) is 6.07 Å². The largest absolute Gasteiger partial charge is 0.384 e. The van der Waals surface area contributed by atoms with Crippen molar-refractivity contribution in [3.05, 3.63) is 54.6 Å². The Kier molecular flexibility index (Phi) is 4.62. The van der Waals surface area contributed by atoms with Gasteiger partial charge in [-0.15, -0.1) is 0 Å². The first-order valence-corrected chi connectivity index (χ1v) is 9.28. The highest BCUT2D eigenvalue weighted by molar-refractivity contribution is 7.13. The van der Waals surface area contributed by atoms with Crippen LogP contribution in [0.2, 0.25) is 0 Å². The number of nitrogens with zero attached hydrogens (tertiary/aromatic N) is 3. The summed E-state index contributed by atoms with van der Waals surface area (Å²) in [5.74, 6) is 1.16. The number of anilines is 2. The molecule has 3 aromatic rings. The highest BCUT2D eigenvalue weighted by Gasteiger charge is 2.20. The number of rotatable bonds is 5. The Morgan fingerprint density at radius 2 is 1.67 bits per heavy atom. The van der Waals surface area contributed by atoms with Crippen LogP contribution < -0.4 is 10.2 Å². The van der Waals surface area contributed by atoms with Crippen LogP contribution in [-0.4, -0.2) is 48.5 Å². The number of para-hydroxylation sites is 1. The van der Waals surface area contributed by atoms with Gasteiger partial charge in [-0.2, -0.15) is 4.37 Å². The van der Waals surface area contributed by atoms with E-state index in [4.69, 9.17) is 0 Å². The summed E-state index contributed by atoms with van der Waals surface area (Å²) < 4.78 is 5.96. The molecule has 0 aliphatic carbocycles. The molecule has 0 saturated carbocycles. The van der Waals surface area contributed by atoms with Crippen molar-refractivity contribution in [2.24, 2.45) is 0 Å². The van der Waals surface area contributed by atoms with E-state index in [0.29, 0.717) is 0 Å². The fourth-order valence-corrected chi connectivity index (χ4v) is 3.99. The van der Waals surface area contributed by atoms with E-state index in [0.717, 1.165) is 45.1 Å². The van der Waals surface area contributed by atoms with Gasteiger partial charge in [0.15, 0.2) is 0 Å². The van der Waals surface area contributed by atoms with Gasteiger partial charge in [0.1, 0.15) is 5.82 Å². The maximum atomic E-state index is 4.68.